The smallest absolute Gasteiger partial charge is 0.0624 e. The van der Waals surface area contributed by atoms with E-state index < -0.39 is 5.60 Å². The lowest BCUT2D eigenvalue weighted by molar-refractivity contribution is -0.0255. The molecule has 0 atom stereocenters. The monoisotopic (exact) mass is 158 g/mol. The Labute approximate surface area is 70.8 Å². The zero-order valence-corrected chi connectivity index (χ0v) is 8.68. The van der Waals surface area contributed by atoms with E-state index in [9.17, 15) is 5.11 Å². The molecule has 0 aliphatic heterocycles. The molecule has 0 fully saturated rings. The van der Waals surface area contributed by atoms with E-state index in [0.717, 1.165) is 0 Å². The van der Waals surface area contributed by atoms with E-state index >= 15 is 0 Å². The molecule has 0 aliphatic rings. The van der Waals surface area contributed by atoms with Crippen molar-refractivity contribution < 1.29 is 5.11 Å². The summed E-state index contributed by atoms with van der Waals surface area (Å²) in [7, 11) is 0. The van der Waals surface area contributed by atoms with Crippen molar-refractivity contribution in [2.45, 2.75) is 47.1 Å². The molecule has 0 radical (unpaired) electrons. The third kappa shape index (κ3) is 3.24. The van der Waals surface area contributed by atoms with Crippen molar-refractivity contribution >= 4 is 0 Å². The summed E-state index contributed by atoms with van der Waals surface area (Å²) in [5.41, 5.74) is -0.539. The highest BCUT2D eigenvalue weighted by molar-refractivity contribution is 4.81. The molecule has 0 aromatic rings. The second kappa shape index (κ2) is 3.57. The summed E-state index contributed by atoms with van der Waals surface area (Å²) in [6.45, 7) is 12.5. The van der Waals surface area contributed by atoms with Crippen molar-refractivity contribution in [2.75, 3.05) is 0 Å². The number of hydrogen-bond donors (Lipinski definition) is 1. The van der Waals surface area contributed by atoms with Crippen LogP contribution in [0.15, 0.2) is 0 Å². The maximum atomic E-state index is 9.82. The van der Waals surface area contributed by atoms with Crippen LogP contribution in [-0.4, -0.2) is 10.7 Å². The van der Waals surface area contributed by atoms with Crippen LogP contribution in [-0.2, 0) is 0 Å². The highest BCUT2D eigenvalue weighted by Crippen LogP contribution is 2.30. The molecule has 0 amide bonds. The van der Waals surface area contributed by atoms with E-state index in [0.29, 0.717) is 17.8 Å². The van der Waals surface area contributed by atoms with Crippen LogP contribution in [0.5, 0.6) is 0 Å². The van der Waals surface area contributed by atoms with Crippen LogP contribution in [0.2, 0.25) is 0 Å². The van der Waals surface area contributed by atoms with Crippen molar-refractivity contribution in [1.29, 1.82) is 0 Å². The van der Waals surface area contributed by atoms with Crippen molar-refractivity contribution in [3.63, 3.8) is 0 Å². The fourth-order valence-electron chi connectivity index (χ4n) is 2.40. The van der Waals surface area contributed by atoms with Gasteiger partial charge in [-0.3, -0.25) is 0 Å². The van der Waals surface area contributed by atoms with E-state index in [4.69, 9.17) is 0 Å². The van der Waals surface area contributed by atoms with Gasteiger partial charge in [-0.15, -0.1) is 0 Å². The summed E-state index contributed by atoms with van der Waals surface area (Å²) in [5.74, 6) is 1.49. The minimum absolute atomic E-state index is 0.391. The van der Waals surface area contributed by atoms with Crippen LogP contribution >= 0.6 is 0 Å². The molecule has 0 aliphatic carbocycles. The predicted octanol–water partition coefficient (Wildman–Crippen LogP) is 2.69. The molecule has 1 heteroatoms. The minimum Gasteiger partial charge on any atom is -0.390 e. The lowest BCUT2D eigenvalue weighted by Gasteiger charge is -2.35. The summed E-state index contributed by atoms with van der Waals surface area (Å²) in [6, 6.07) is 0. The number of aliphatic hydroxyl groups is 1. The van der Waals surface area contributed by atoms with Crippen LogP contribution in [0.3, 0.4) is 0 Å². The van der Waals surface area contributed by atoms with Gasteiger partial charge in [0.05, 0.1) is 5.60 Å². The molecule has 0 heterocycles. The third-order valence-corrected chi connectivity index (χ3v) is 2.25. The summed E-state index contributed by atoms with van der Waals surface area (Å²) in [5, 5.41) is 9.82. The molecule has 0 unspecified atom stereocenters. The van der Waals surface area contributed by atoms with Crippen molar-refractivity contribution in [2.24, 2.45) is 17.8 Å². The quantitative estimate of drug-likeness (QED) is 0.669. The SMILES string of the molecule is CC(C)C(C(C)C)C(C)(C)O. The molecule has 0 spiro atoms. The second-order valence-corrected chi connectivity index (χ2v) is 4.67. The first-order valence-electron chi connectivity index (χ1n) is 4.49. The van der Waals surface area contributed by atoms with E-state index in [1.807, 2.05) is 13.8 Å². The molecular weight excluding hydrogens is 136 g/mol. The predicted molar refractivity (Wildman–Crippen MR) is 49.5 cm³/mol. The van der Waals surface area contributed by atoms with Crippen molar-refractivity contribution in [1.82, 2.24) is 0 Å². The highest BCUT2D eigenvalue weighted by Gasteiger charge is 2.31. The van der Waals surface area contributed by atoms with Gasteiger partial charge in [-0.1, -0.05) is 27.7 Å². The molecule has 0 saturated heterocycles. The van der Waals surface area contributed by atoms with Crippen LogP contribution in [0.4, 0.5) is 0 Å². The Hall–Kier alpha value is -0.0400. The zero-order valence-electron chi connectivity index (χ0n) is 8.68. The van der Waals surface area contributed by atoms with Gasteiger partial charge in [0.25, 0.3) is 0 Å². The van der Waals surface area contributed by atoms with E-state index in [-0.39, 0.29) is 0 Å². The lowest BCUT2D eigenvalue weighted by Crippen LogP contribution is -2.37. The zero-order chi connectivity index (χ0) is 9.23. The maximum absolute atomic E-state index is 9.82. The third-order valence-electron chi connectivity index (χ3n) is 2.25. The van der Waals surface area contributed by atoms with Gasteiger partial charge in [0.1, 0.15) is 0 Å². The average Bonchev–Trinajstić information content (AvgIpc) is 1.54. The van der Waals surface area contributed by atoms with Crippen molar-refractivity contribution in [3.05, 3.63) is 0 Å². The molecule has 0 saturated carbocycles. The highest BCUT2D eigenvalue weighted by atomic mass is 16.3. The Kier molecular flexibility index (Phi) is 3.56. The van der Waals surface area contributed by atoms with Gasteiger partial charge in [0, 0.05) is 0 Å². The summed E-state index contributed by atoms with van der Waals surface area (Å²) in [4.78, 5) is 0. The summed E-state index contributed by atoms with van der Waals surface area (Å²) in [6.07, 6.45) is 0. The Morgan fingerprint density at radius 3 is 1.18 bits per heavy atom. The molecule has 1 N–H and O–H groups in total. The Morgan fingerprint density at radius 2 is 1.18 bits per heavy atom. The maximum Gasteiger partial charge on any atom is 0.0624 e. The normalized spacial score (nSPS) is 13.6. The Bertz CT molecular complexity index is 101. The Morgan fingerprint density at radius 1 is 0.909 bits per heavy atom. The topological polar surface area (TPSA) is 20.2 Å². The van der Waals surface area contributed by atoms with Gasteiger partial charge in [-0.2, -0.15) is 0 Å². The minimum atomic E-state index is -0.539. The first kappa shape index (κ1) is 11.0. The first-order valence-corrected chi connectivity index (χ1v) is 4.49. The van der Waals surface area contributed by atoms with Gasteiger partial charge in [-0.25, -0.2) is 0 Å². The van der Waals surface area contributed by atoms with E-state index in [1.165, 1.54) is 0 Å². The number of hydrogen-bond acceptors (Lipinski definition) is 1. The molecule has 0 aromatic heterocycles. The Balaban J connectivity index is 4.35. The van der Waals surface area contributed by atoms with Crippen LogP contribution in [0, 0.1) is 17.8 Å². The molecule has 0 rings (SSSR count). The van der Waals surface area contributed by atoms with Crippen LogP contribution in [0.25, 0.3) is 0 Å². The second-order valence-electron chi connectivity index (χ2n) is 4.67. The fraction of sp³-hybridized carbons (Fsp3) is 1.00. The van der Waals surface area contributed by atoms with Gasteiger partial charge < -0.3 is 5.11 Å². The summed E-state index contributed by atoms with van der Waals surface area (Å²) >= 11 is 0. The standard InChI is InChI=1S/C10H22O/c1-7(2)9(8(3)4)10(5,6)11/h7-9,11H,1-6H3. The summed E-state index contributed by atoms with van der Waals surface area (Å²) < 4.78 is 0. The number of rotatable bonds is 3. The van der Waals surface area contributed by atoms with Gasteiger partial charge in [0.15, 0.2) is 0 Å². The van der Waals surface area contributed by atoms with E-state index in [1.54, 1.807) is 0 Å². The van der Waals surface area contributed by atoms with Crippen molar-refractivity contribution in [3.8, 4) is 0 Å². The molecule has 0 bridgehead atoms. The molecule has 0 aromatic carbocycles. The molecule has 1 nitrogen and oxygen atoms in total. The van der Waals surface area contributed by atoms with Gasteiger partial charge >= 0.3 is 0 Å². The molecule has 68 valence electrons. The lowest BCUT2D eigenvalue weighted by atomic mass is 9.75. The fourth-order valence-corrected chi connectivity index (χ4v) is 2.40. The van der Waals surface area contributed by atoms with E-state index in [2.05, 4.69) is 27.7 Å². The van der Waals surface area contributed by atoms with Gasteiger partial charge in [-0.05, 0) is 31.6 Å². The molecule has 11 heavy (non-hydrogen) atoms. The van der Waals surface area contributed by atoms with Gasteiger partial charge in [0.2, 0.25) is 0 Å². The van der Waals surface area contributed by atoms with Crippen LogP contribution < -0.4 is 0 Å². The average molecular weight is 158 g/mol. The van der Waals surface area contributed by atoms with Crippen LogP contribution in [0.1, 0.15) is 41.5 Å². The largest absolute Gasteiger partial charge is 0.390 e. The molecular formula is C10H22O. The first-order chi connectivity index (χ1) is 4.76.